The summed E-state index contributed by atoms with van der Waals surface area (Å²) in [4.78, 5) is 48.7. The van der Waals surface area contributed by atoms with Gasteiger partial charge in [0.1, 0.15) is 0 Å². The van der Waals surface area contributed by atoms with Crippen LogP contribution in [0.1, 0.15) is 37.4 Å². The van der Waals surface area contributed by atoms with Gasteiger partial charge in [0.15, 0.2) is 11.6 Å². The zero-order chi connectivity index (χ0) is 21.4. The lowest BCUT2D eigenvalue weighted by molar-refractivity contribution is -0.384. The number of rotatable bonds is 4. The van der Waals surface area contributed by atoms with E-state index in [1.54, 1.807) is 24.3 Å². The third-order valence-corrected chi connectivity index (χ3v) is 4.89. The van der Waals surface area contributed by atoms with E-state index in [9.17, 15) is 24.5 Å². The number of nitrogens with one attached hydrogen (secondary N) is 1. The second-order valence-electron chi connectivity index (χ2n) is 6.80. The summed E-state index contributed by atoms with van der Waals surface area (Å²) in [5.74, 6) is -1.18. The van der Waals surface area contributed by atoms with Crippen molar-refractivity contribution >= 4 is 34.5 Å². The van der Waals surface area contributed by atoms with Gasteiger partial charge >= 0.3 is 0 Å². The van der Waals surface area contributed by atoms with Gasteiger partial charge in [-0.25, -0.2) is 0 Å². The molecule has 1 aliphatic rings. The number of ketones is 2. The van der Waals surface area contributed by atoms with Crippen molar-refractivity contribution in [3.63, 3.8) is 0 Å². The van der Waals surface area contributed by atoms with Gasteiger partial charge in [0.25, 0.3) is 5.69 Å². The molecule has 8 nitrogen and oxygen atoms in total. The van der Waals surface area contributed by atoms with E-state index < -0.39 is 16.6 Å². The van der Waals surface area contributed by atoms with Crippen LogP contribution >= 0.6 is 0 Å². The highest BCUT2D eigenvalue weighted by Gasteiger charge is 2.33. The largest absolute Gasteiger partial charge is 0.398 e. The van der Waals surface area contributed by atoms with Crippen molar-refractivity contribution in [1.29, 1.82) is 0 Å². The first-order chi connectivity index (χ1) is 14.4. The Morgan fingerprint density at radius 1 is 0.900 bits per heavy atom. The number of nitro benzene ring substituents is 1. The molecule has 0 saturated heterocycles. The summed E-state index contributed by atoms with van der Waals surface area (Å²) in [6.45, 7) is 0. The van der Waals surface area contributed by atoms with Crippen molar-refractivity contribution in [3.05, 3.63) is 98.6 Å². The molecule has 3 N–H and O–H groups in total. The molecule has 4 rings (SSSR count). The Balaban J connectivity index is 1.62. The van der Waals surface area contributed by atoms with Crippen LogP contribution in [0.4, 0.5) is 17.1 Å². The van der Waals surface area contributed by atoms with E-state index in [1.165, 1.54) is 36.4 Å². The average Bonchev–Trinajstić information content (AvgIpc) is 2.72. The lowest BCUT2D eigenvalue weighted by atomic mass is 9.82. The Hall–Kier alpha value is -4.33. The summed E-state index contributed by atoms with van der Waals surface area (Å²) in [6, 6.07) is 15.0. The molecule has 0 bridgehead atoms. The standard InChI is InChI=1S/C22H15N3O5/c23-16-5-1-3-14-19(16)21(27)15-4-2-6-17(20(15)22(14)28)24-18(26)11-12-7-9-13(10-8-12)25(29)30/h1-10H,11,23H2,(H,24,26). The first-order valence-electron chi connectivity index (χ1n) is 9.01. The number of carbonyl (C=O) groups is 3. The molecule has 0 radical (unpaired) electrons. The Kier molecular flexibility index (Phi) is 4.59. The number of hydrogen-bond acceptors (Lipinski definition) is 6. The maximum atomic E-state index is 13.0. The van der Waals surface area contributed by atoms with Crippen LogP contribution in [0.15, 0.2) is 60.7 Å². The number of benzene rings is 3. The van der Waals surface area contributed by atoms with E-state index in [-0.39, 0.29) is 51.5 Å². The summed E-state index contributed by atoms with van der Waals surface area (Å²) in [6.07, 6.45) is -0.0483. The predicted molar refractivity (Wildman–Crippen MR) is 110 cm³/mol. The Bertz CT molecular complexity index is 1230. The van der Waals surface area contributed by atoms with Crippen molar-refractivity contribution in [2.24, 2.45) is 0 Å². The van der Waals surface area contributed by atoms with Crippen molar-refractivity contribution in [2.45, 2.75) is 6.42 Å². The lowest BCUT2D eigenvalue weighted by Gasteiger charge is -2.21. The van der Waals surface area contributed by atoms with E-state index in [1.807, 2.05) is 0 Å². The fourth-order valence-corrected chi connectivity index (χ4v) is 3.49. The number of non-ortho nitro benzene ring substituents is 1. The van der Waals surface area contributed by atoms with E-state index in [0.717, 1.165) is 0 Å². The third-order valence-electron chi connectivity index (χ3n) is 4.89. The van der Waals surface area contributed by atoms with Crippen LogP contribution in [0, 0.1) is 10.1 Å². The fraction of sp³-hybridized carbons (Fsp3) is 0.0455. The number of nitrogens with zero attached hydrogens (tertiary/aromatic N) is 1. The van der Waals surface area contributed by atoms with Crippen LogP contribution in [0.5, 0.6) is 0 Å². The third kappa shape index (κ3) is 3.20. The molecule has 0 spiro atoms. The zero-order valence-electron chi connectivity index (χ0n) is 15.5. The fourth-order valence-electron chi connectivity index (χ4n) is 3.49. The lowest BCUT2D eigenvalue weighted by Crippen LogP contribution is -2.25. The van der Waals surface area contributed by atoms with Gasteiger partial charge < -0.3 is 11.1 Å². The molecule has 0 atom stereocenters. The molecule has 0 heterocycles. The Morgan fingerprint density at radius 3 is 2.17 bits per heavy atom. The maximum Gasteiger partial charge on any atom is 0.269 e. The van der Waals surface area contributed by atoms with Crippen LogP contribution in [0.2, 0.25) is 0 Å². The highest BCUT2D eigenvalue weighted by Crippen LogP contribution is 2.34. The topological polar surface area (TPSA) is 132 Å². The van der Waals surface area contributed by atoms with Crippen LogP contribution < -0.4 is 11.1 Å². The Morgan fingerprint density at radius 2 is 1.50 bits per heavy atom. The molecule has 3 aromatic carbocycles. The quantitative estimate of drug-likeness (QED) is 0.307. The van der Waals surface area contributed by atoms with Crippen molar-refractivity contribution in [2.75, 3.05) is 11.1 Å². The molecule has 148 valence electrons. The van der Waals surface area contributed by atoms with E-state index in [4.69, 9.17) is 5.73 Å². The molecule has 30 heavy (non-hydrogen) atoms. The first kappa shape index (κ1) is 19.0. The van der Waals surface area contributed by atoms with Gasteiger partial charge in [-0.15, -0.1) is 0 Å². The number of amides is 1. The van der Waals surface area contributed by atoms with Crippen molar-refractivity contribution in [1.82, 2.24) is 0 Å². The van der Waals surface area contributed by atoms with Crippen LogP contribution in [-0.4, -0.2) is 22.4 Å². The molecule has 0 aliphatic heterocycles. The molecule has 1 aliphatic carbocycles. The Labute approximate surface area is 170 Å². The summed E-state index contributed by atoms with van der Waals surface area (Å²) >= 11 is 0. The van der Waals surface area contributed by atoms with E-state index >= 15 is 0 Å². The van der Waals surface area contributed by atoms with Gasteiger partial charge in [0.2, 0.25) is 5.91 Å². The zero-order valence-corrected chi connectivity index (χ0v) is 15.5. The summed E-state index contributed by atoms with van der Waals surface area (Å²) in [5.41, 5.74) is 7.53. The summed E-state index contributed by atoms with van der Waals surface area (Å²) in [5, 5.41) is 13.4. The molecule has 0 aromatic heterocycles. The number of nitrogens with two attached hydrogens (primary N) is 1. The summed E-state index contributed by atoms with van der Waals surface area (Å²) in [7, 11) is 0. The van der Waals surface area contributed by atoms with Crippen molar-refractivity contribution < 1.29 is 19.3 Å². The number of nitro groups is 1. The van der Waals surface area contributed by atoms with E-state index in [2.05, 4.69) is 5.32 Å². The molecule has 0 fully saturated rings. The molecule has 1 amide bonds. The summed E-state index contributed by atoms with van der Waals surface area (Å²) < 4.78 is 0. The minimum absolute atomic E-state index is 0.0483. The SMILES string of the molecule is Nc1cccc2c1C(=O)c1cccc(NC(=O)Cc3ccc([N+](=O)[O-])cc3)c1C2=O. The minimum Gasteiger partial charge on any atom is -0.398 e. The number of carbonyl (C=O) groups excluding carboxylic acids is 3. The van der Waals surface area contributed by atoms with Crippen LogP contribution in [-0.2, 0) is 11.2 Å². The number of fused-ring (bicyclic) bond motifs is 2. The van der Waals surface area contributed by atoms with Gasteiger partial charge in [0, 0.05) is 28.9 Å². The average molecular weight is 401 g/mol. The van der Waals surface area contributed by atoms with Gasteiger partial charge in [-0.2, -0.15) is 0 Å². The monoisotopic (exact) mass is 401 g/mol. The number of anilines is 2. The molecular formula is C22H15N3O5. The van der Waals surface area contributed by atoms with Crippen molar-refractivity contribution in [3.8, 4) is 0 Å². The molecular weight excluding hydrogens is 386 g/mol. The normalized spacial score (nSPS) is 12.1. The molecule has 0 saturated carbocycles. The second-order valence-corrected chi connectivity index (χ2v) is 6.80. The maximum absolute atomic E-state index is 13.0. The van der Waals surface area contributed by atoms with Gasteiger partial charge in [-0.05, 0) is 17.7 Å². The predicted octanol–water partition coefficient (Wildman–Crippen LogP) is 3.13. The molecule has 3 aromatic rings. The van der Waals surface area contributed by atoms with Crippen LogP contribution in [0.25, 0.3) is 0 Å². The van der Waals surface area contributed by atoms with E-state index in [0.29, 0.717) is 5.56 Å². The highest BCUT2D eigenvalue weighted by molar-refractivity contribution is 6.32. The molecule has 8 heteroatoms. The van der Waals surface area contributed by atoms with Gasteiger partial charge in [-0.3, -0.25) is 24.5 Å². The van der Waals surface area contributed by atoms with Gasteiger partial charge in [0.05, 0.1) is 28.2 Å². The minimum atomic E-state index is -0.521. The first-order valence-corrected chi connectivity index (χ1v) is 9.01. The molecule has 0 unspecified atom stereocenters. The highest BCUT2D eigenvalue weighted by atomic mass is 16.6. The van der Waals surface area contributed by atoms with Gasteiger partial charge in [-0.1, -0.05) is 36.4 Å². The number of hydrogen-bond donors (Lipinski definition) is 2. The van der Waals surface area contributed by atoms with Crippen LogP contribution in [0.3, 0.4) is 0 Å². The second kappa shape index (κ2) is 7.25. The number of nitrogen functional groups attached to an aromatic ring is 1. The smallest absolute Gasteiger partial charge is 0.269 e.